The predicted octanol–water partition coefficient (Wildman–Crippen LogP) is 1.50. The summed E-state index contributed by atoms with van der Waals surface area (Å²) in [7, 11) is 2.08. The number of hydrogen-bond donors (Lipinski definition) is 2. The average Bonchev–Trinajstić information content (AvgIpc) is 2.48. The van der Waals surface area contributed by atoms with Gasteiger partial charge in [-0.2, -0.15) is 0 Å². The van der Waals surface area contributed by atoms with Gasteiger partial charge in [-0.05, 0) is 44.9 Å². The molecule has 4 heteroatoms. The van der Waals surface area contributed by atoms with Gasteiger partial charge in [0.15, 0.2) is 0 Å². The lowest BCUT2D eigenvalue weighted by Crippen LogP contribution is -2.52. The molecule has 1 fully saturated rings. The zero-order valence-electron chi connectivity index (χ0n) is 14.1. The minimum atomic E-state index is -0.599. The summed E-state index contributed by atoms with van der Waals surface area (Å²) in [6.07, 6.45) is 1.69. The first-order valence-electron chi connectivity index (χ1n) is 8.21. The van der Waals surface area contributed by atoms with Gasteiger partial charge < -0.3 is 10.2 Å². The molecule has 0 aliphatic carbocycles. The Balaban J connectivity index is 1.86. The average molecular weight is 306 g/mol. The Morgan fingerprint density at radius 2 is 1.77 bits per heavy atom. The lowest BCUT2D eigenvalue weighted by molar-refractivity contribution is 0.0540. The standard InChI is InChI=1S/C18H30N2O2/c1-18(2,22)9-8-15-4-6-16(7-5-15)12-20-11-10-19(3)17(13-20)14-21/h4-7,17,21-22H,8-14H2,1-3H3. The first kappa shape index (κ1) is 17.4. The molecule has 0 aromatic heterocycles. The fourth-order valence-corrected chi connectivity index (χ4v) is 2.87. The minimum absolute atomic E-state index is 0.225. The molecule has 2 N–H and O–H groups in total. The summed E-state index contributed by atoms with van der Waals surface area (Å²) in [5.41, 5.74) is 1.99. The SMILES string of the molecule is CN1CCN(Cc2ccc(CCC(C)(C)O)cc2)CC1CO. The summed E-state index contributed by atoms with van der Waals surface area (Å²) >= 11 is 0. The topological polar surface area (TPSA) is 46.9 Å². The summed E-state index contributed by atoms with van der Waals surface area (Å²) in [6.45, 7) is 7.85. The zero-order valence-corrected chi connectivity index (χ0v) is 14.1. The van der Waals surface area contributed by atoms with Crippen LogP contribution in [0.4, 0.5) is 0 Å². The van der Waals surface area contributed by atoms with Crippen LogP contribution in [0.3, 0.4) is 0 Å². The van der Waals surface area contributed by atoms with Gasteiger partial charge in [-0.15, -0.1) is 0 Å². The van der Waals surface area contributed by atoms with Gasteiger partial charge in [0.2, 0.25) is 0 Å². The smallest absolute Gasteiger partial charge is 0.0599 e. The molecular formula is C18H30N2O2. The summed E-state index contributed by atoms with van der Waals surface area (Å²) in [5, 5.41) is 19.2. The van der Waals surface area contributed by atoms with Crippen LogP contribution in [0, 0.1) is 0 Å². The van der Waals surface area contributed by atoms with Gasteiger partial charge >= 0.3 is 0 Å². The summed E-state index contributed by atoms with van der Waals surface area (Å²) in [4.78, 5) is 4.64. The molecule has 1 atom stereocenters. The van der Waals surface area contributed by atoms with E-state index in [4.69, 9.17) is 0 Å². The Bertz CT molecular complexity index is 453. The van der Waals surface area contributed by atoms with Gasteiger partial charge in [0.1, 0.15) is 0 Å². The van der Waals surface area contributed by atoms with Crippen LogP contribution in [-0.2, 0) is 13.0 Å². The lowest BCUT2D eigenvalue weighted by atomic mass is 9.98. The number of hydrogen-bond acceptors (Lipinski definition) is 4. The highest BCUT2D eigenvalue weighted by molar-refractivity contribution is 5.23. The van der Waals surface area contributed by atoms with E-state index in [1.54, 1.807) is 0 Å². The maximum Gasteiger partial charge on any atom is 0.0599 e. The van der Waals surface area contributed by atoms with Crippen LogP contribution in [0.1, 0.15) is 31.4 Å². The van der Waals surface area contributed by atoms with Crippen LogP contribution in [0.15, 0.2) is 24.3 Å². The summed E-state index contributed by atoms with van der Waals surface area (Å²) in [5.74, 6) is 0. The molecule has 2 rings (SSSR count). The molecule has 0 amide bonds. The molecule has 124 valence electrons. The minimum Gasteiger partial charge on any atom is -0.395 e. The van der Waals surface area contributed by atoms with Crippen molar-refractivity contribution in [2.75, 3.05) is 33.3 Å². The highest BCUT2D eigenvalue weighted by Gasteiger charge is 2.23. The number of aryl methyl sites for hydroxylation is 1. The highest BCUT2D eigenvalue weighted by Crippen LogP contribution is 2.16. The van der Waals surface area contributed by atoms with E-state index >= 15 is 0 Å². The van der Waals surface area contributed by atoms with Crippen molar-refractivity contribution in [2.45, 2.75) is 44.9 Å². The van der Waals surface area contributed by atoms with Crippen molar-refractivity contribution in [2.24, 2.45) is 0 Å². The van der Waals surface area contributed by atoms with E-state index < -0.39 is 5.60 Å². The van der Waals surface area contributed by atoms with E-state index in [0.717, 1.165) is 39.0 Å². The number of aliphatic hydroxyl groups is 2. The van der Waals surface area contributed by atoms with Gasteiger partial charge in [0.25, 0.3) is 0 Å². The first-order chi connectivity index (χ1) is 10.4. The molecule has 1 aromatic rings. The number of benzene rings is 1. The van der Waals surface area contributed by atoms with Crippen molar-refractivity contribution in [3.63, 3.8) is 0 Å². The third-order valence-corrected chi connectivity index (χ3v) is 4.53. The molecular weight excluding hydrogens is 276 g/mol. The van der Waals surface area contributed by atoms with Gasteiger partial charge in [-0.1, -0.05) is 24.3 Å². The largest absolute Gasteiger partial charge is 0.395 e. The Morgan fingerprint density at radius 3 is 2.36 bits per heavy atom. The first-order valence-corrected chi connectivity index (χ1v) is 8.21. The summed E-state index contributed by atoms with van der Waals surface area (Å²) in [6, 6.07) is 8.96. The molecule has 0 radical (unpaired) electrons. The quantitative estimate of drug-likeness (QED) is 0.836. The number of rotatable bonds is 6. The number of piperazine rings is 1. The molecule has 0 spiro atoms. The monoisotopic (exact) mass is 306 g/mol. The van der Waals surface area contributed by atoms with E-state index in [1.165, 1.54) is 11.1 Å². The van der Waals surface area contributed by atoms with Crippen LogP contribution >= 0.6 is 0 Å². The van der Waals surface area contributed by atoms with E-state index in [1.807, 2.05) is 13.8 Å². The Morgan fingerprint density at radius 1 is 1.14 bits per heavy atom. The maximum absolute atomic E-state index is 9.79. The number of nitrogens with zero attached hydrogens (tertiary/aromatic N) is 2. The number of likely N-dealkylation sites (N-methyl/N-ethyl adjacent to an activating group) is 1. The normalized spacial score (nSPS) is 21.2. The molecule has 1 aliphatic heterocycles. The van der Waals surface area contributed by atoms with Crippen molar-refractivity contribution in [3.8, 4) is 0 Å². The van der Waals surface area contributed by atoms with Crippen molar-refractivity contribution >= 4 is 0 Å². The molecule has 1 aromatic carbocycles. The molecule has 22 heavy (non-hydrogen) atoms. The Kier molecular flexibility index (Phi) is 5.98. The van der Waals surface area contributed by atoms with Crippen LogP contribution in [0.2, 0.25) is 0 Å². The third kappa shape index (κ3) is 5.36. The van der Waals surface area contributed by atoms with Crippen molar-refractivity contribution in [3.05, 3.63) is 35.4 Å². The van der Waals surface area contributed by atoms with Crippen molar-refractivity contribution in [1.29, 1.82) is 0 Å². The van der Waals surface area contributed by atoms with E-state index in [0.29, 0.717) is 0 Å². The maximum atomic E-state index is 9.79. The Labute approximate surface area is 134 Å². The molecule has 1 heterocycles. The van der Waals surface area contributed by atoms with Crippen LogP contribution in [0.25, 0.3) is 0 Å². The second-order valence-electron chi connectivity index (χ2n) is 7.18. The van der Waals surface area contributed by atoms with Gasteiger partial charge in [0, 0.05) is 32.2 Å². The zero-order chi connectivity index (χ0) is 16.2. The van der Waals surface area contributed by atoms with E-state index in [2.05, 4.69) is 41.1 Å². The van der Waals surface area contributed by atoms with Crippen LogP contribution in [0.5, 0.6) is 0 Å². The van der Waals surface area contributed by atoms with E-state index in [-0.39, 0.29) is 12.6 Å². The fourth-order valence-electron chi connectivity index (χ4n) is 2.87. The van der Waals surface area contributed by atoms with Crippen LogP contribution < -0.4 is 0 Å². The van der Waals surface area contributed by atoms with Crippen molar-refractivity contribution in [1.82, 2.24) is 9.80 Å². The molecule has 0 saturated carbocycles. The second-order valence-corrected chi connectivity index (χ2v) is 7.18. The molecule has 1 aliphatic rings. The van der Waals surface area contributed by atoms with Gasteiger partial charge in [0.05, 0.1) is 12.2 Å². The highest BCUT2D eigenvalue weighted by atomic mass is 16.3. The molecule has 1 saturated heterocycles. The van der Waals surface area contributed by atoms with E-state index in [9.17, 15) is 10.2 Å². The fraction of sp³-hybridized carbons (Fsp3) is 0.667. The number of aliphatic hydroxyl groups excluding tert-OH is 1. The van der Waals surface area contributed by atoms with Crippen LogP contribution in [-0.4, -0.2) is 64.9 Å². The molecule has 0 bridgehead atoms. The Hall–Kier alpha value is -0.940. The van der Waals surface area contributed by atoms with Crippen molar-refractivity contribution < 1.29 is 10.2 Å². The lowest BCUT2D eigenvalue weighted by Gasteiger charge is -2.38. The van der Waals surface area contributed by atoms with Gasteiger partial charge in [-0.25, -0.2) is 0 Å². The summed E-state index contributed by atoms with van der Waals surface area (Å²) < 4.78 is 0. The molecule has 1 unspecified atom stereocenters. The predicted molar refractivity (Wildman–Crippen MR) is 89.8 cm³/mol. The second kappa shape index (κ2) is 7.55. The molecule has 4 nitrogen and oxygen atoms in total. The third-order valence-electron chi connectivity index (χ3n) is 4.53. The van der Waals surface area contributed by atoms with Gasteiger partial charge in [-0.3, -0.25) is 9.80 Å².